The van der Waals surface area contributed by atoms with Crippen molar-refractivity contribution in [3.8, 4) is 11.3 Å². The van der Waals surface area contributed by atoms with Crippen LogP contribution in [0.25, 0.3) is 11.3 Å². The van der Waals surface area contributed by atoms with E-state index in [2.05, 4.69) is 0 Å². The maximum absolute atomic E-state index is 13.1. The second-order valence-electron chi connectivity index (χ2n) is 5.76. The Bertz CT molecular complexity index is 1050. The molecule has 0 spiro atoms. The Labute approximate surface area is 147 Å². The third kappa shape index (κ3) is 3.30. The van der Waals surface area contributed by atoms with Crippen LogP contribution in [0.3, 0.4) is 0 Å². The minimum atomic E-state index is -0.561. The van der Waals surface area contributed by atoms with Gasteiger partial charge in [0, 0.05) is 30.9 Å². The van der Waals surface area contributed by atoms with Gasteiger partial charge in [-0.3, -0.25) is 20.3 Å². The third-order valence-electron chi connectivity index (χ3n) is 4.06. The van der Waals surface area contributed by atoms with Crippen molar-refractivity contribution >= 4 is 11.5 Å². The van der Waals surface area contributed by atoms with Crippen LogP contribution >= 0.6 is 0 Å². The van der Waals surface area contributed by atoms with Crippen LogP contribution < -0.4 is 5.62 Å². The van der Waals surface area contributed by atoms with Crippen LogP contribution in [0.2, 0.25) is 0 Å². The van der Waals surface area contributed by atoms with Crippen molar-refractivity contribution in [1.82, 2.24) is 9.13 Å². The average Bonchev–Trinajstić information content (AvgIpc) is 2.91. The molecule has 1 heterocycles. The van der Waals surface area contributed by atoms with Crippen LogP contribution in [-0.4, -0.2) is 19.8 Å². The number of hydrogen-bond donors (Lipinski definition) is 1. The van der Waals surface area contributed by atoms with E-state index < -0.39 is 4.92 Å². The molecule has 2 aromatic carbocycles. The zero-order valence-electron chi connectivity index (χ0n) is 13.8. The molecule has 0 bridgehead atoms. The summed E-state index contributed by atoms with van der Waals surface area (Å²) in [5.41, 5.74) is 1.50. The highest BCUT2D eigenvalue weighted by Gasteiger charge is 2.15. The summed E-state index contributed by atoms with van der Waals surface area (Å²) in [5.74, 6) is -0.703. The highest BCUT2D eigenvalue weighted by Crippen LogP contribution is 2.19. The zero-order chi connectivity index (χ0) is 18.8. The molecular formula is C18H15FN4O3. The molecule has 0 aliphatic heterocycles. The molecule has 0 unspecified atom stereocenters. The van der Waals surface area contributed by atoms with E-state index in [1.54, 1.807) is 29.9 Å². The highest BCUT2D eigenvalue weighted by atomic mass is 19.1. The highest BCUT2D eigenvalue weighted by molar-refractivity contribution is 5.96. The second kappa shape index (κ2) is 6.75. The van der Waals surface area contributed by atoms with Gasteiger partial charge in [0.15, 0.2) is 5.78 Å². The molecule has 132 valence electrons. The van der Waals surface area contributed by atoms with Gasteiger partial charge < -0.3 is 9.13 Å². The number of halogens is 1. The summed E-state index contributed by atoms with van der Waals surface area (Å²) in [4.78, 5) is 22.7. The summed E-state index contributed by atoms with van der Waals surface area (Å²) in [7, 11) is 1.68. The molecule has 0 atom stereocenters. The first-order chi connectivity index (χ1) is 12.4. The maximum Gasteiger partial charge on any atom is 0.270 e. The van der Waals surface area contributed by atoms with E-state index in [0.717, 1.165) is 0 Å². The first-order valence-electron chi connectivity index (χ1n) is 7.71. The quantitative estimate of drug-likeness (QED) is 0.434. The van der Waals surface area contributed by atoms with Gasteiger partial charge in [-0.1, -0.05) is 12.1 Å². The fourth-order valence-corrected chi connectivity index (χ4v) is 2.65. The zero-order valence-corrected chi connectivity index (χ0v) is 13.8. The Kier molecular flexibility index (Phi) is 4.49. The Morgan fingerprint density at radius 2 is 1.92 bits per heavy atom. The molecule has 26 heavy (non-hydrogen) atoms. The van der Waals surface area contributed by atoms with Gasteiger partial charge in [0.05, 0.1) is 17.2 Å². The standard InChI is InChI=1S/C18H15FN4O3/c1-21-16(12-5-7-14(19)8-6-12)10-22(18(21)20)11-17(24)13-3-2-4-15(9-13)23(25)26/h2-10,20H,11H2,1H3. The lowest BCUT2D eigenvalue weighted by Gasteiger charge is -2.02. The fourth-order valence-electron chi connectivity index (χ4n) is 2.65. The van der Waals surface area contributed by atoms with Crippen LogP contribution in [-0.2, 0) is 13.6 Å². The van der Waals surface area contributed by atoms with Crippen molar-refractivity contribution in [3.05, 3.63) is 81.8 Å². The summed E-state index contributed by atoms with van der Waals surface area (Å²) in [6, 6.07) is 11.3. The molecule has 0 saturated carbocycles. The Morgan fingerprint density at radius 3 is 2.58 bits per heavy atom. The second-order valence-corrected chi connectivity index (χ2v) is 5.76. The first kappa shape index (κ1) is 17.3. The van der Waals surface area contributed by atoms with Crippen molar-refractivity contribution < 1.29 is 14.1 Å². The third-order valence-corrected chi connectivity index (χ3v) is 4.06. The normalized spacial score (nSPS) is 10.7. The van der Waals surface area contributed by atoms with E-state index in [-0.39, 0.29) is 35.0 Å². The lowest BCUT2D eigenvalue weighted by Crippen LogP contribution is -2.25. The number of imidazole rings is 1. The van der Waals surface area contributed by atoms with E-state index in [9.17, 15) is 19.3 Å². The molecule has 3 rings (SSSR count). The molecule has 3 aromatic rings. The van der Waals surface area contributed by atoms with Gasteiger partial charge in [0.25, 0.3) is 5.69 Å². The van der Waals surface area contributed by atoms with Crippen molar-refractivity contribution in [2.45, 2.75) is 6.54 Å². The van der Waals surface area contributed by atoms with Crippen molar-refractivity contribution in [1.29, 1.82) is 5.41 Å². The number of carbonyl (C=O) groups is 1. The molecule has 0 aliphatic carbocycles. The Balaban J connectivity index is 1.91. The summed E-state index contributed by atoms with van der Waals surface area (Å²) in [5, 5.41) is 19.0. The van der Waals surface area contributed by atoms with Gasteiger partial charge in [-0.25, -0.2) is 4.39 Å². The minimum Gasteiger partial charge on any atom is -0.314 e. The summed E-state index contributed by atoms with van der Waals surface area (Å²) >= 11 is 0. The number of ketones is 1. The molecule has 0 amide bonds. The number of benzene rings is 2. The number of Topliss-reactive ketones (excluding diaryl/α,β-unsaturated/α-hetero) is 1. The van der Waals surface area contributed by atoms with Crippen molar-refractivity contribution in [2.24, 2.45) is 7.05 Å². The molecule has 0 fully saturated rings. The van der Waals surface area contributed by atoms with E-state index in [0.29, 0.717) is 11.3 Å². The van der Waals surface area contributed by atoms with Crippen molar-refractivity contribution in [3.63, 3.8) is 0 Å². The number of aromatic nitrogens is 2. The van der Waals surface area contributed by atoms with Crippen LogP contribution in [0.1, 0.15) is 10.4 Å². The molecule has 0 aliphatic rings. The fraction of sp³-hybridized carbons (Fsp3) is 0.111. The largest absolute Gasteiger partial charge is 0.314 e. The minimum absolute atomic E-state index is 0.0862. The molecule has 7 nitrogen and oxygen atoms in total. The van der Waals surface area contributed by atoms with Gasteiger partial charge in [0.1, 0.15) is 5.82 Å². The van der Waals surface area contributed by atoms with Gasteiger partial charge in [-0.2, -0.15) is 0 Å². The molecule has 1 N–H and O–H groups in total. The number of non-ortho nitro benzene ring substituents is 1. The first-order valence-corrected chi connectivity index (χ1v) is 7.71. The smallest absolute Gasteiger partial charge is 0.270 e. The average molecular weight is 354 g/mol. The van der Waals surface area contributed by atoms with Gasteiger partial charge in [-0.15, -0.1) is 0 Å². The predicted molar refractivity (Wildman–Crippen MR) is 92.1 cm³/mol. The van der Waals surface area contributed by atoms with E-state index in [1.807, 2.05) is 0 Å². The van der Waals surface area contributed by atoms with Crippen LogP contribution in [0.4, 0.5) is 10.1 Å². The van der Waals surface area contributed by atoms with Crippen molar-refractivity contribution in [2.75, 3.05) is 0 Å². The lowest BCUT2D eigenvalue weighted by atomic mass is 10.1. The molecule has 0 radical (unpaired) electrons. The maximum atomic E-state index is 13.1. The number of nitro benzene ring substituents is 1. The number of nitro groups is 1. The van der Waals surface area contributed by atoms with Crippen LogP contribution in [0.5, 0.6) is 0 Å². The number of rotatable bonds is 5. The number of nitrogens with zero attached hydrogens (tertiary/aromatic N) is 3. The Hall–Kier alpha value is -3.55. The van der Waals surface area contributed by atoms with E-state index >= 15 is 0 Å². The molecule has 1 aromatic heterocycles. The SMILES string of the molecule is Cn1c(-c2ccc(F)cc2)cn(CC(=O)c2cccc([N+](=O)[O-])c2)c1=N. The Morgan fingerprint density at radius 1 is 1.23 bits per heavy atom. The lowest BCUT2D eigenvalue weighted by molar-refractivity contribution is -0.384. The number of carbonyl (C=O) groups excluding carboxylic acids is 1. The number of nitrogens with one attached hydrogen (secondary N) is 1. The van der Waals surface area contributed by atoms with E-state index in [4.69, 9.17) is 5.41 Å². The van der Waals surface area contributed by atoms with E-state index in [1.165, 1.54) is 41.0 Å². The molecular weight excluding hydrogens is 339 g/mol. The summed E-state index contributed by atoms with van der Waals surface area (Å²) in [6.07, 6.45) is 1.63. The molecule has 8 heteroatoms. The summed E-state index contributed by atoms with van der Waals surface area (Å²) < 4.78 is 16.1. The molecule has 0 saturated heterocycles. The predicted octanol–water partition coefficient (Wildman–Crippen LogP) is 2.90. The topological polar surface area (TPSA) is 93.9 Å². The number of hydrogen-bond acceptors (Lipinski definition) is 4. The van der Waals surface area contributed by atoms with Gasteiger partial charge >= 0.3 is 0 Å². The van der Waals surface area contributed by atoms with Gasteiger partial charge in [-0.05, 0) is 29.8 Å². The van der Waals surface area contributed by atoms with Gasteiger partial charge in [0.2, 0.25) is 5.62 Å². The summed E-state index contributed by atoms with van der Waals surface area (Å²) in [6.45, 7) is -0.130. The monoisotopic (exact) mass is 354 g/mol. The van der Waals surface area contributed by atoms with Crippen LogP contribution in [0.15, 0.2) is 54.7 Å². The van der Waals surface area contributed by atoms with Crippen LogP contribution in [0, 0.1) is 21.3 Å².